The van der Waals surface area contributed by atoms with Crippen molar-refractivity contribution >= 4 is 0 Å². The standard InChI is InChI=1S/C15H29NO/c1-3-12(4-2)11-16-10-6-8-14(16)13-7-5-9-15(13)17/h12-15,17H,3-11H2,1-2H3. The number of aliphatic hydroxyl groups is 1. The van der Waals surface area contributed by atoms with Crippen LogP contribution in [0.25, 0.3) is 0 Å². The number of aliphatic hydroxyl groups excluding tert-OH is 1. The second-order valence-corrected chi connectivity index (χ2v) is 6.05. The molecule has 0 aromatic carbocycles. The fourth-order valence-corrected chi connectivity index (χ4v) is 3.86. The van der Waals surface area contributed by atoms with Gasteiger partial charge in [-0.25, -0.2) is 0 Å². The summed E-state index contributed by atoms with van der Waals surface area (Å²) in [7, 11) is 0. The highest BCUT2D eigenvalue weighted by atomic mass is 16.3. The number of rotatable bonds is 5. The van der Waals surface area contributed by atoms with Gasteiger partial charge in [0, 0.05) is 18.5 Å². The molecule has 2 heteroatoms. The second-order valence-electron chi connectivity index (χ2n) is 6.05. The van der Waals surface area contributed by atoms with Gasteiger partial charge >= 0.3 is 0 Å². The van der Waals surface area contributed by atoms with Crippen LogP contribution in [0.1, 0.15) is 58.8 Å². The van der Waals surface area contributed by atoms with Crippen molar-refractivity contribution < 1.29 is 5.11 Å². The minimum atomic E-state index is -0.0118. The molecule has 100 valence electrons. The normalized spacial score (nSPS) is 34.9. The summed E-state index contributed by atoms with van der Waals surface area (Å²) in [5, 5.41) is 10.1. The minimum Gasteiger partial charge on any atom is -0.393 e. The monoisotopic (exact) mass is 239 g/mol. The van der Waals surface area contributed by atoms with E-state index < -0.39 is 0 Å². The molecule has 1 N–H and O–H groups in total. The highest BCUT2D eigenvalue weighted by Gasteiger charge is 2.38. The quantitative estimate of drug-likeness (QED) is 0.797. The highest BCUT2D eigenvalue weighted by Crippen LogP contribution is 2.36. The van der Waals surface area contributed by atoms with E-state index in [4.69, 9.17) is 0 Å². The zero-order valence-corrected chi connectivity index (χ0v) is 11.6. The summed E-state index contributed by atoms with van der Waals surface area (Å²) in [5.41, 5.74) is 0. The van der Waals surface area contributed by atoms with E-state index in [1.165, 1.54) is 51.6 Å². The topological polar surface area (TPSA) is 23.5 Å². The molecular formula is C15H29NO. The van der Waals surface area contributed by atoms with Gasteiger partial charge in [0.25, 0.3) is 0 Å². The van der Waals surface area contributed by atoms with E-state index in [0.29, 0.717) is 12.0 Å². The van der Waals surface area contributed by atoms with E-state index >= 15 is 0 Å². The molecule has 1 saturated heterocycles. The Labute approximate surface area is 106 Å². The van der Waals surface area contributed by atoms with Crippen LogP contribution in [0.2, 0.25) is 0 Å². The van der Waals surface area contributed by atoms with E-state index in [2.05, 4.69) is 18.7 Å². The molecule has 1 aliphatic heterocycles. The van der Waals surface area contributed by atoms with Crippen LogP contribution in [0, 0.1) is 11.8 Å². The Balaban J connectivity index is 1.92. The molecule has 1 heterocycles. The molecule has 0 amide bonds. The fourth-order valence-electron chi connectivity index (χ4n) is 3.86. The molecule has 3 unspecified atom stereocenters. The van der Waals surface area contributed by atoms with E-state index in [1.54, 1.807) is 0 Å². The first kappa shape index (κ1) is 13.4. The minimum absolute atomic E-state index is 0.0118. The third-order valence-electron chi connectivity index (χ3n) is 5.09. The van der Waals surface area contributed by atoms with Crippen LogP contribution in [0.3, 0.4) is 0 Å². The Morgan fingerprint density at radius 1 is 1.12 bits per heavy atom. The molecule has 2 aliphatic rings. The third kappa shape index (κ3) is 3.03. The zero-order valence-electron chi connectivity index (χ0n) is 11.6. The lowest BCUT2D eigenvalue weighted by molar-refractivity contribution is 0.0676. The zero-order chi connectivity index (χ0) is 12.3. The number of hydrogen-bond donors (Lipinski definition) is 1. The number of hydrogen-bond acceptors (Lipinski definition) is 2. The summed E-state index contributed by atoms with van der Waals surface area (Å²) in [5.74, 6) is 1.43. The molecule has 1 saturated carbocycles. The van der Waals surface area contributed by atoms with Crippen LogP contribution in [0.5, 0.6) is 0 Å². The number of likely N-dealkylation sites (tertiary alicyclic amines) is 1. The summed E-state index contributed by atoms with van der Waals surface area (Å²) in [6.45, 7) is 7.15. The van der Waals surface area contributed by atoms with Gasteiger partial charge in [0.05, 0.1) is 6.10 Å². The van der Waals surface area contributed by atoms with Gasteiger partial charge in [-0.15, -0.1) is 0 Å². The lowest BCUT2D eigenvalue weighted by Crippen LogP contribution is -2.41. The van der Waals surface area contributed by atoms with Gasteiger partial charge in [-0.3, -0.25) is 4.90 Å². The lowest BCUT2D eigenvalue weighted by Gasteiger charge is -2.33. The van der Waals surface area contributed by atoms with Gasteiger partial charge in [0.15, 0.2) is 0 Å². The molecule has 17 heavy (non-hydrogen) atoms. The van der Waals surface area contributed by atoms with Crippen LogP contribution >= 0.6 is 0 Å². The summed E-state index contributed by atoms with van der Waals surface area (Å²) in [6, 6.07) is 0.688. The van der Waals surface area contributed by atoms with Crippen molar-refractivity contribution in [2.75, 3.05) is 13.1 Å². The molecule has 1 aliphatic carbocycles. The predicted molar refractivity (Wildman–Crippen MR) is 72.0 cm³/mol. The van der Waals surface area contributed by atoms with Crippen LogP contribution in [0.4, 0.5) is 0 Å². The molecule has 0 aromatic heterocycles. The molecule has 2 fully saturated rings. The Hall–Kier alpha value is -0.0800. The maximum Gasteiger partial charge on any atom is 0.0583 e. The molecule has 0 aromatic rings. The van der Waals surface area contributed by atoms with Gasteiger partial charge in [-0.2, -0.15) is 0 Å². The van der Waals surface area contributed by atoms with Gasteiger partial charge in [0.1, 0.15) is 0 Å². The molecule has 0 spiro atoms. The summed E-state index contributed by atoms with van der Waals surface area (Å²) < 4.78 is 0. The average Bonchev–Trinajstić information content (AvgIpc) is 2.94. The smallest absolute Gasteiger partial charge is 0.0583 e. The van der Waals surface area contributed by atoms with Gasteiger partial charge in [0.2, 0.25) is 0 Å². The molecular weight excluding hydrogens is 210 g/mol. The first-order valence-corrected chi connectivity index (χ1v) is 7.68. The average molecular weight is 239 g/mol. The Morgan fingerprint density at radius 2 is 1.88 bits per heavy atom. The van der Waals surface area contributed by atoms with Crippen molar-refractivity contribution in [3.05, 3.63) is 0 Å². The van der Waals surface area contributed by atoms with Crippen molar-refractivity contribution in [1.29, 1.82) is 0 Å². The molecule has 0 bridgehead atoms. The first-order chi connectivity index (χ1) is 8.26. The van der Waals surface area contributed by atoms with E-state index in [1.807, 2.05) is 0 Å². The van der Waals surface area contributed by atoms with Crippen LogP contribution in [0.15, 0.2) is 0 Å². The lowest BCUT2D eigenvalue weighted by atomic mass is 9.93. The number of nitrogens with zero attached hydrogens (tertiary/aromatic N) is 1. The molecule has 2 rings (SSSR count). The first-order valence-electron chi connectivity index (χ1n) is 7.68. The van der Waals surface area contributed by atoms with Crippen molar-refractivity contribution in [1.82, 2.24) is 4.90 Å². The van der Waals surface area contributed by atoms with Crippen molar-refractivity contribution in [3.8, 4) is 0 Å². The fraction of sp³-hybridized carbons (Fsp3) is 1.00. The maximum atomic E-state index is 10.1. The van der Waals surface area contributed by atoms with Crippen LogP contribution in [-0.4, -0.2) is 35.2 Å². The largest absolute Gasteiger partial charge is 0.393 e. The van der Waals surface area contributed by atoms with Crippen molar-refractivity contribution in [2.45, 2.75) is 70.9 Å². The van der Waals surface area contributed by atoms with E-state index in [9.17, 15) is 5.11 Å². The Morgan fingerprint density at radius 3 is 2.47 bits per heavy atom. The van der Waals surface area contributed by atoms with Crippen LogP contribution in [-0.2, 0) is 0 Å². The maximum absolute atomic E-state index is 10.1. The Bertz CT molecular complexity index is 227. The van der Waals surface area contributed by atoms with Crippen molar-refractivity contribution in [3.63, 3.8) is 0 Å². The summed E-state index contributed by atoms with van der Waals surface area (Å²) >= 11 is 0. The van der Waals surface area contributed by atoms with Gasteiger partial charge in [-0.1, -0.05) is 33.1 Å². The molecule has 3 atom stereocenters. The summed E-state index contributed by atoms with van der Waals surface area (Å²) in [6.07, 6.45) is 8.78. The third-order valence-corrected chi connectivity index (χ3v) is 5.09. The van der Waals surface area contributed by atoms with Crippen LogP contribution < -0.4 is 0 Å². The van der Waals surface area contributed by atoms with Gasteiger partial charge in [-0.05, 0) is 38.1 Å². The predicted octanol–water partition coefficient (Wildman–Crippen LogP) is 3.05. The van der Waals surface area contributed by atoms with Gasteiger partial charge < -0.3 is 5.11 Å². The highest BCUT2D eigenvalue weighted by molar-refractivity contribution is 4.92. The molecule has 0 radical (unpaired) electrons. The van der Waals surface area contributed by atoms with E-state index in [-0.39, 0.29) is 6.10 Å². The second kappa shape index (κ2) is 6.19. The summed E-state index contributed by atoms with van der Waals surface area (Å²) in [4.78, 5) is 2.69. The Kier molecular flexibility index (Phi) is 4.87. The van der Waals surface area contributed by atoms with E-state index in [0.717, 1.165) is 12.3 Å². The SMILES string of the molecule is CCC(CC)CN1CCCC1C1CCCC1O. The van der Waals surface area contributed by atoms with Crippen molar-refractivity contribution in [2.24, 2.45) is 11.8 Å². The molecule has 2 nitrogen and oxygen atoms in total.